The minimum atomic E-state index is -4.23. The van der Waals surface area contributed by atoms with E-state index in [9.17, 15) is 14.5 Å². The van der Waals surface area contributed by atoms with Gasteiger partial charge in [0.05, 0.1) is 17.7 Å². The number of esters is 1. The Labute approximate surface area is 230 Å². The largest absolute Gasteiger partial charge is 0.512 e. The maximum atomic E-state index is 15.8. The van der Waals surface area contributed by atoms with Gasteiger partial charge in [-0.15, -0.1) is 0 Å². The molecule has 0 spiro atoms. The molecule has 4 rings (SSSR count). The Balaban J connectivity index is 1.56. The Morgan fingerprint density at radius 2 is 2.05 bits per heavy atom. The van der Waals surface area contributed by atoms with Crippen molar-refractivity contribution in [2.24, 2.45) is 5.41 Å². The van der Waals surface area contributed by atoms with E-state index in [2.05, 4.69) is 20.2 Å². The van der Waals surface area contributed by atoms with Crippen molar-refractivity contribution in [3.8, 4) is 5.75 Å². The summed E-state index contributed by atoms with van der Waals surface area (Å²) in [5, 5.41) is 17.5. The number of hydrogen-bond donors (Lipinski definition) is 3. The van der Waals surface area contributed by atoms with E-state index in [0.29, 0.717) is 0 Å². The predicted octanol–water partition coefficient (Wildman–Crippen LogP) is 3.48. The van der Waals surface area contributed by atoms with Crippen LogP contribution >= 0.6 is 7.75 Å². The van der Waals surface area contributed by atoms with E-state index >= 15 is 4.39 Å². The summed E-state index contributed by atoms with van der Waals surface area (Å²) in [6.07, 6.45) is 0.138. The lowest BCUT2D eigenvalue weighted by atomic mass is 9.95. The quantitative estimate of drug-likeness (QED) is 0.192. The van der Waals surface area contributed by atoms with Gasteiger partial charge in [0.2, 0.25) is 0 Å². The third-order valence-electron chi connectivity index (χ3n) is 5.93. The highest BCUT2D eigenvalue weighted by Gasteiger charge is 2.55. The molecule has 13 nitrogen and oxygen atoms in total. The first-order valence-electron chi connectivity index (χ1n) is 12.4. The molecule has 4 N–H and O–H groups in total. The number of nitrogens with two attached hydrogens (primary N) is 1. The van der Waals surface area contributed by atoms with Gasteiger partial charge in [-0.25, -0.2) is 23.4 Å². The number of ether oxygens (including phenoxy) is 2. The molecular weight excluding hydrogens is 546 g/mol. The number of para-hydroxylation sites is 1. The van der Waals surface area contributed by atoms with Crippen molar-refractivity contribution in [2.45, 2.75) is 58.5 Å². The number of aromatic nitrogens is 4. The average molecular weight is 579 g/mol. The first kappa shape index (κ1) is 29.2. The van der Waals surface area contributed by atoms with Crippen LogP contribution in [-0.4, -0.2) is 55.1 Å². The average Bonchev–Trinajstić information content (AvgIpc) is 3.40. The topological polar surface area (TPSA) is 172 Å². The van der Waals surface area contributed by atoms with Crippen LogP contribution in [0, 0.1) is 5.41 Å². The summed E-state index contributed by atoms with van der Waals surface area (Å²) in [6, 6.07) is 7.51. The Morgan fingerprint density at radius 3 is 2.73 bits per heavy atom. The molecule has 1 aliphatic rings. The van der Waals surface area contributed by atoms with Gasteiger partial charge in [0.25, 0.3) is 0 Å². The molecule has 5 atom stereocenters. The second-order valence-corrected chi connectivity index (χ2v) is 12.2. The van der Waals surface area contributed by atoms with Crippen LogP contribution < -0.4 is 15.3 Å². The van der Waals surface area contributed by atoms with E-state index in [1.54, 1.807) is 58.0 Å². The van der Waals surface area contributed by atoms with Crippen LogP contribution in [0.25, 0.3) is 5.65 Å². The highest BCUT2D eigenvalue weighted by Crippen LogP contribution is 2.49. The van der Waals surface area contributed by atoms with Crippen molar-refractivity contribution < 1.29 is 37.4 Å². The van der Waals surface area contributed by atoms with Gasteiger partial charge in [0, 0.05) is 0 Å². The molecule has 216 valence electrons. The number of benzene rings is 1. The zero-order chi connectivity index (χ0) is 29.3. The number of nitrogens with one attached hydrogen (secondary N) is 1. The second-order valence-electron chi connectivity index (χ2n) is 10.5. The molecular formula is C25H32FN6O7P. The molecule has 3 aromatic rings. The van der Waals surface area contributed by atoms with Gasteiger partial charge in [0.15, 0.2) is 35.1 Å². The highest BCUT2D eigenvalue weighted by atomic mass is 31.2. The van der Waals surface area contributed by atoms with Crippen LogP contribution in [-0.2, 0) is 23.4 Å². The lowest BCUT2D eigenvalue weighted by Gasteiger charge is -2.24. The zero-order valence-corrected chi connectivity index (χ0v) is 23.5. The van der Waals surface area contributed by atoms with Gasteiger partial charge >= 0.3 is 13.7 Å². The number of imidazole rings is 1. The number of rotatable bonds is 9. The molecule has 1 aromatic carbocycles. The smallest absolute Gasteiger partial charge is 0.479 e. The number of aliphatic hydroxyl groups is 1. The summed E-state index contributed by atoms with van der Waals surface area (Å²) >= 11 is 0. The predicted molar refractivity (Wildman–Crippen MR) is 141 cm³/mol. The van der Waals surface area contributed by atoms with E-state index < -0.39 is 43.0 Å². The van der Waals surface area contributed by atoms with Crippen LogP contribution in [0.15, 0.2) is 54.9 Å². The SMILES string of the molecule is C[C@@H](COC(=O)C(C)(C)C)NP(=O)(O/C=C1/O[C@@H](c2cnc3c(N)ncnn23)[C@](C)(F)[C@@H]1O)Oc1ccccc1. The van der Waals surface area contributed by atoms with E-state index in [4.69, 9.17) is 24.3 Å². The Hall–Kier alpha value is -3.74. The Bertz CT molecular complexity index is 1440. The van der Waals surface area contributed by atoms with Crippen molar-refractivity contribution in [3.63, 3.8) is 0 Å². The number of halogens is 1. The van der Waals surface area contributed by atoms with Crippen molar-refractivity contribution in [3.05, 3.63) is 60.6 Å². The van der Waals surface area contributed by atoms with Crippen LogP contribution in [0.1, 0.15) is 46.4 Å². The van der Waals surface area contributed by atoms with E-state index in [1.165, 1.54) is 17.0 Å². The molecule has 0 aliphatic carbocycles. The van der Waals surface area contributed by atoms with Crippen LogP contribution in [0.2, 0.25) is 0 Å². The summed E-state index contributed by atoms with van der Waals surface area (Å²) < 4.78 is 53.0. The molecule has 15 heteroatoms. The molecule has 1 unspecified atom stereocenters. The second kappa shape index (κ2) is 11.0. The minimum Gasteiger partial charge on any atom is -0.479 e. The molecule has 0 radical (unpaired) electrons. The van der Waals surface area contributed by atoms with Crippen LogP contribution in [0.5, 0.6) is 5.75 Å². The van der Waals surface area contributed by atoms with Crippen LogP contribution in [0.3, 0.4) is 0 Å². The number of anilines is 1. The number of nitrogen functional groups attached to an aromatic ring is 1. The third kappa shape index (κ3) is 6.19. The normalized spacial score (nSPS) is 24.3. The summed E-state index contributed by atoms with van der Waals surface area (Å²) in [7, 11) is -4.23. The fourth-order valence-electron chi connectivity index (χ4n) is 3.75. The third-order valence-corrected chi connectivity index (χ3v) is 7.52. The van der Waals surface area contributed by atoms with Crippen molar-refractivity contribution in [2.75, 3.05) is 12.3 Å². The minimum absolute atomic E-state index is 0.0758. The lowest BCUT2D eigenvalue weighted by Crippen LogP contribution is -2.35. The van der Waals surface area contributed by atoms with Gasteiger partial charge in [-0.1, -0.05) is 18.2 Å². The zero-order valence-electron chi connectivity index (χ0n) is 22.6. The van der Waals surface area contributed by atoms with Gasteiger partial charge in [-0.2, -0.15) is 10.2 Å². The lowest BCUT2D eigenvalue weighted by molar-refractivity contribution is -0.153. The number of alkyl halides is 1. The maximum Gasteiger partial charge on any atom is 0.512 e. The summed E-state index contributed by atoms with van der Waals surface area (Å²) in [6.45, 7) is 7.73. The van der Waals surface area contributed by atoms with E-state index in [-0.39, 0.29) is 35.3 Å². The van der Waals surface area contributed by atoms with Crippen molar-refractivity contribution in [1.82, 2.24) is 24.7 Å². The number of nitrogens with zero attached hydrogens (tertiary/aromatic N) is 4. The summed E-state index contributed by atoms with van der Waals surface area (Å²) in [4.78, 5) is 20.1. The molecule has 0 saturated carbocycles. The molecule has 3 heterocycles. The molecule has 1 fully saturated rings. The Morgan fingerprint density at radius 1 is 1.35 bits per heavy atom. The van der Waals surface area contributed by atoms with Crippen molar-refractivity contribution >= 4 is 25.2 Å². The van der Waals surface area contributed by atoms with Gasteiger partial charge in [-0.3, -0.25) is 4.79 Å². The van der Waals surface area contributed by atoms with Gasteiger partial charge in [-0.05, 0) is 46.8 Å². The molecule has 1 saturated heterocycles. The summed E-state index contributed by atoms with van der Waals surface area (Å²) in [5.74, 6) is -0.512. The molecule has 0 bridgehead atoms. The number of aliphatic hydroxyl groups excluding tert-OH is 1. The number of hydrogen-bond acceptors (Lipinski definition) is 11. The standard InChI is InChI=1S/C25H32FN6O7P/c1-15(12-36-23(34)24(2,3)4)31-40(35,39-16-9-7-6-8-10-16)37-13-18-19(33)25(5,26)20(38-18)17-11-28-22-21(27)29-14-30-32(17)22/h6-11,13-15,19-20,33H,12H2,1-5H3,(H,31,35)(H2,27,29,30)/b18-13+/t15-,19+,20-,25+,40?/m0/s1. The molecule has 2 aromatic heterocycles. The number of carbonyl (C=O) groups excluding carboxylic acids is 1. The maximum absolute atomic E-state index is 15.8. The fraction of sp³-hybridized carbons (Fsp3) is 0.440. The molecule has 0 amide bonds. The number of carbonyl (C=O) groups is 1. The van der Waals surface area contributed by atoms with E-state index in [0.717, 1.165) is 13.2 Å². The van der Waals surface area contributed by atoms with Gasteiger partial charge in [0.1, 0.15) is 30.6 Å². The first-order chi connectivity index (χ1) is 18.7. The van der Waals surface area contributed by atoms with Crippen LogP contribution in [0.4, 0.5) is 10.2 Å². The summed E-state index contributed by atoms with van der Waals surface area (Å²) in [5.41, 5.74) is 3.07. The highest BCUT2D eigenvalue weighted by molar-refractivity contribution is 7.52. The first-order valence-corrected chi connectivity index (χ1v) is 13.9. The van der Waals surface area contributed by atoms with Gasteiger partial charge < -0.3 is 29.4 Å². The monoisotopic (exact) mass is 578 g/mol. The fourth-order valence-corrected chi connectivity index (χ4v) is 5.17. The molecule has 1 aliphatic heterocycles. The molecule has 40 heavy (non-hydrogen) atoms. The van der Waals surface area contributed by atoms with E-state index in [1.807, 2.05) is 0 Å². The Kier molecular flexibility index (Phi) is 8.06. The van der Waals surface area contributed by atoms with Crippen molar-refractivity contribution in [1.29, 1.82) is 0 Å². The number of fused-ring (bicyclic) bond motifs is 1.